The maximum atomic E-state index is 10.5. The molecule has 0 spiro atoms. The molecule has 0 bridgehead atoms. The quantitative estimate of drug-likeness (QED) is 0.384. The maximum absolute atomic E-state index is 10.5. The summed E-state index contributed by atoms with van der Waals surface area (Å²) in [6.45, 7) is 4.20. The molecular formula is C15H28O4. The zero-order chi connectivity index (χ0) is 14.9. The molecule has 112 valence electrons. The van der Waals surface area contributed by atoms with E-state index in [1.165, 1.54) is 33.1 Å². The minimum absolute atomic E-state index is 0.105. The van der Waals surface area contributed by atoms with Crippen molar-refractivity contribution in [3.63, 3.8) is 0 Å². The Kier molecular flexibility index (Phi) is 17.6. The van der Waals surface area contributed by atoms with E-state index in [0.29, 0.717) is 6.42 Å². The molecule has 0 saturated heterocycles. The van der Waals surface area contributed by atoms with Gasteiger partial charge in [-0.25, -0.2) is 4.79 Å². The average molecular weight is 272 g/mol. The summed E-state index contributed by atoms with van der Waals surface area (Å²) in [6.07, 6.45) is 10.5. The van der Waals surface area contributed by atoms with Gasteiger partial charge in [0.05, 0.1) is 14.2 Å². The summed E-state index contributed by atoms with van der Waals surface area (Å²) in [6, 6.07) is 0. The molecule has 0 aromatic heterocycles. The van der Waals surface area contributed by atoms with Crippen molar-refractivity contribution >= 4 is 11.9 Å². The molecule has 0 aliphatic rings. The first kappa shape index (κ1) is 20.0. The fraction of sp³-hybridized carbons (Fsp3) is 0.733. The number of rotatable bonds is 8. The molecule has 0 unspecified atom stereocenters. The van der Waals surface area contributed by atoms with Crippen LogP contribution in [0.15, 0.2) is 12.2 Å². The Labute approximate surface area is 117 Å². The van der Waals surface area contributed by atoms with E-state index in [1.807, 2.05) is 13.0 Å². The van der Waals surface area contributed by atoms with Crippen LogP contribution in [-0.4, -0.2) is 26.2 Å². The first-order valence-electron chi connectivity index (χ1n) is 6.93. The van der Waals surface area contributed by atoms with E-state index in [-0.39, 0.29) is 11.9 Å². The standard InChI is InChI=1S/C9H16O2.C6H12O2/c1-3-4-5-6-7-8-9(10)11-2;1-3-4-5-6(7)8-2/h7-8H,3-6H2,1-2H3;3-5H2,1-2H3/b8-7+;. The lowest BCUT2D eigenvalue weighted by molar-refractivity contribution is -0.140. The highest BCUT2D eigenvalue weighted by atomic mass is 16.5. The second-order valence-electron chi connectivity index (χ2n) is 4.10. The molecule has 0 N–H and O–H groups in total. The number of unbranched alkanes of at least 4 members (excludes halogenated alkanes) is 4. The lowest BCUT2D eigenvalue weighted by atomic mass is 10.2. The summed E-state index contributed by atoms with van der Waals surface area (Å²) >= 11 is 0. The van der Waals surface area contributed by atoms with E-state index in [1.54, 1.807) is 0 Å². The summed E-state index contributed by atoms with van der Waals surface area (Å²) in [7, 11) is 2.80. The third kappa shape index (κ3) is 19.2. The van der Waals surface area contributed by atoms with Crippen molar-refractivity contribution in [2.45, 2.75) is 58.8 Å². The molecule has 0 aliphatic heterocycles. The van der Waals surface area contributed by atoms with Crippen molar-refractivity contribution < 1.29 is 19.1 Å². The SMILES string of the molecule is CCCCC(=O)OC.CCCCC/C=C/C(=O)OC. The van der Waals surface area contributed by atoms with Crippen molar-refractivity contribution in [1.82, 2.24) is 0 Å². The highest BCUT2D eigenvalue weighted by molar-refractivity contribution is 5.81. The van der Waals surface area contributed by atoms with Gasteiger partial charge in [0, 0.05) is 12.5 Å². The second-order valence-corrected chi connectivity index (χ2v) is 4.10. The Bertz CT molecular complexity index is 247. The van der Waals surface area contributed by atoms with Crippen LogP contribution in [-0.2, 0) is 19.1 Å². The van der Waals surface area contributed by atoms with Gasteiger partial charge < -0.3 is 9.47 Å². The van der Waals surface area contributed by atoms with Gasteiger partial charge in [0.1, 0.15) is 0 Å². The van der Waals surface area contributed by atoms with Gasteiger partial charge >= 0.3 is 11.9 Å². The lowest BCUT2D eigenvalue weighted by Crippen LogP contribution is -1.98. The normalized spacial score (nSPS) is 9.68. The predicted octanol–water partition coefficient (Wildman–Crippen LogP) is 3.65. The van der Waals surface area contributed by atoms with Crippen LogP contribution in [0.5, 0.6) is 0 Å². The molecule has 0 radical (unpaired) electrons. The van der Waals surface area contributed by atoms with Gasteiger partial charge in [0.25, 0.3) is 0 Å². The smallest absolute Gasteiger partial charge is 0.330 e. The lowest BCUT2D eigenvalue weighted by Gasteiger charge is -1.93. The van der Waals surface area contributed by atoms with Gasteiger partial charge in [0.2, 0.25) is 0 Å². The van der Waals surface area contributed by atoms with E-state index >= 15 is 0 Å². The molecule has 0 saturated carbocycles. The van der Waals surface area contributed by atoms with E-state index in [4.69, 9.17) is 0 Å². The maximum Gasteiger partial charge on any atom is 0.330 e. The Morgan fingerprint density at radius 2 is 1.58 bits per heavy atom. The van der Waals surface area contributed by atoms with Gasteiger partial charge in [-0.15, -0.1) is 0 Å². The van der Waals surface area contributed by atoms with Crippen LogP contribution >= 0.6 is 0 Å². The molecule has 0 atom stereocenters. The predicted molar refractivity (Wildman–Crippen MR) is 76.8 cm³/mol. The highest BCUT2D eigenvalue weighted by Gasteiger charge is 1.95. The number of carbonyl (C=O) groups excluding carboxylic acids is 2. The van der Waals surface area contributed by atoms with Gasteiger partial charge in [-0.3, -0.25) is 4.79 Å². The summed E-state index contributed by atoms with van der Waals surface area (Å²) in [5.74, 6) is -0.367. The van der Waals surface area contributed by atoms with E-state index < -0.39 is 0 Å². The van der Waals surface area contributed by atoms with Gasteiger partial charge in [-0.05, 0) is 19.3 Å². The number of ether oxygens (including phenoxy) is 2. The van der Waals surface area contributed by atoms with Gasteiger partial charge in [0.15, 0.2) is 0 Å². The Balaban J connectivity index is 0. The van der Waals surface area contributed by atoms with E-state index in [9.17, 15) is 9.59 Å². The molecule has 0 rings (SSSR count). The van der Waals surface area contributed by atoms with Gasteiger partial charge in [-0.1, -0.05) is 39.2 Å². The Morgan fingerprint density at radius 1 is 0.947 bits per heavy atom. The van der Waals surface area contributed by atoms with E-state index in [2.05, 4.69) is 16.4 Å². The Morgan fingerprint density at radius 3 is 2.05 bits per heavy atom. The zero-order valence-corrected chi connectivity index (χ0v) is 12.7. The molecule has 0 aliphatic carbocycles. The number of allylic oxidation sites excluding steroid dienone is 1. The largest absolute Gasteiger partial charge is 0.469 e. The summed E-state index contributed by atoms with van der Waals surface area (Å²) in [5, 5.41) is 0. The second kappa shape index (κ2) is 16.7. The Hall–Kier alpha value is -1.32. The third-order valence-electron chi connectivity index (χ3n) is 2.39. The highest BCUT2D eigenvalue weighted by Crippen LogP contribution is 1.99. The molecule has 19 heavy (non-hydrogen) atoms. The third-order valence-corrected chi connectivity index (χ3v) is 2.39. The number of hydrogen-bond acceptors (Lipinski definition) is 4. The molecular weight excluding hydrogens is 244 g/mol. The monoisotopic (exact) mass is 272 g/mol. The molecule has 0 amide bonds. The average Bonchev–Trinajstić information content (AvgIpc) is 2.44. The molecule has 0 aromatic rings. The topological polar surface area (TPSA) is 52.6 Å². The van der Waals surface area contributed by atoms with Crippen LogP contribution in [0.4, 0.5) is 0 Å². The number of esters is 2. The molecule has 0 heterocycles. The first-order valence-corrected chi connectivity index (χ1v) is 6.93. The number of hydrogen-bond donors (Lipinski definition) is 0. The van der Waals surface area contributed by atoms with Crippen molar-refractivity contribution in [1.29, 1.82) is 0 Å². The van der Waals surface area contributed by atoms with Crippen molar-refractivity contribution in [3.05, 3.63) is 12.2 Å². The molecule has 4 nitrogen and oxygen atoms in total. The van der Waals surface area contributed by atoms with Crippen LogP contribution in [0.25, 0.3) is 0 Å². The minimum Gasteiger partial charge on any atom is -0.469 e. The number of methoxy groups -OCH3 is 2. The first-order chi connectivity index (χ1) is 9.12. The minimum atomic E-state index is -0.263. The summed E-state index contributed by atoms with van der Waals surface area (Å²) in [4.78, 5) is 20.9. The molecule has 0 aromatic carbocycles. The van der Waals surface area contributed by atoms with Crippen LogP contribution in [0, 0.1) is 0 Å². The molecule has 0 fully saturated rings. The van der Waals surface area contributed by atoms with Crippen LogP contribution in [0.1, 0.15) is 58.8 Å². The number of carbonyl (C=O) groups is 2. The van der Waals surface area contributed by atoms with E-state index in [0.717, 1.165) is 25.7 Å². The molecule has 4 heteroatoms. The van der Waals surface area contributed by atoms with Crippen molar-refractivity contribution in [2.24, 2.45) is 0 Å². The summed E-state index contributed by atoms with van der Waals surface area (Å²) < 4.78 is 8.84. The van der Waals surface area contributed by atoms with Crippen molar-refractivity contribution in [3.8, 4) is 0 Å². The van der Waals surface area contributed by atoms with Crippen molar-refractivity contribution in [2.75, 3.05) is 14.2 Å². The van der Waals surface area contributed by atoms with Crippen LogP contribution in [0.3, 0.4) is 0 Å². The van der Waals surface area contributed by atoms with Crippen LogP contribution in [0.2, 0.25) is 0 Å². The van der Waals surface area contributed by atoms with Gasteiger partial charge in [-0.2, -0.15) is 0 Å². The fourth-order valence-electron chi connectivity index (χ4n) is 1.18. The van der Waals surface area contributed by atoms with Crippen LogP contribution < -0.4 is 0 Å². The fourth-order valence-corrected chi connectivity index (χ4v) is 1.18. The summed E-state index contributed by atoms with van der Waals surface area (Å²) in [5.41, 5.74) is 0. The zero-order valence-electron chi connectivity index (χ0n) is 12.7.